The maximum atomic E-state index is 11.8. The molecule has 2 rings (SSSR count). The van der Waals surface area contributed by atoms with Crippen molar-refractivity contribution < 1.29 is 9.53 Å². The van der Waals surface area contributed by atoms with Crippen LogP contribution in [0.2, 0.25) is 0 Å². The van der Waals surface area contributed by atoms with E-state index in [1.165, 1.54) is 0 Å². The normalized spacial score (nSPS) is 10.1. The van der Waals surface area contributed by atoms with Crippen LogP contribution < -0.4 is 15.8 Å². The first kappa shape index (κ1) is 14.0. The van der Waals surface area contributed by atoms with Crippen LogP contribution in [0.15, 0.2) is 42.6 Å². The van der Waals surface area contributed by atoms with Gasteiger partial charge in [-0.3, -0.25) is 9.78 Å². The first-order valence-electron chi connectivity index (χ1n) is 6.32. The van der Waals surface area contributed by atoms with Gasteiger partial charge in [0.1, 0.15) is 5.75 Å². The van der Waals surface area contributed by atoms with E-state index in [-0.39, 0.29) is 12.5 Å². The summed E-state index contributed by atoms with van der Waals surface area (Å²) in [6.07, 6.45) is 1.68. The molecule has 5 heteroatoms. The number of aromatic nitrogens is 1. The highest BCUT2D eigenvalue weighted by atomic mass is 16.5. The summed E-state index contributed by atoms with van der Waals surface area (Å²) in [4.78, 5) is 15.9. The predicted octanol–water partition coefficient (Wildman–Crippen LogP) is 1.87. The van der Waals surface area contributed by atoms with Gasteiger partial charge in [0.15, 0.2) is 6.61 Å². The molecule has 2 aromatic rings. The van der Waals surface area contributed by atoms with Crippen molar-refractivity contribution in [2.24, 2.45) is 5.73 Å². The lowest BCUT2D eigenvalue weighted by Gasteiger charge is -2.09. The SMILES string of the molecule is Cc1ncccc1OCC(=O)Nc1cccc(CN)c1. The van der Waals surface area contributed by atoms with Gasteiger partial charge in [-0.15, -0.1) is 0 Å². The maximum Gasteiger partial charge on any atom is 0.262 e. The van der Waals surface area contributed by atoms with E-state index >= 15 is 0 Å². The van der Waals surface area contributed by atoms with Crippen molar-refractivity contribution in [2.75, 3.05) is 11.9 Å². The smallest absolute Gasteiger partial charge is 0.262 e. The fourth-order valence-corrected chi connectivity index (χ4v) is 1.74. The van der Waals surface area contributed by atoms with E-state index in [0.29, 0.717) is 18.0 Å². The van der Waals surface area contributed by atoms with Gasteiger partial charge in [0, 0.05) is 18.4 Å². The topological polar surface area (TPSA) is 77.2 Å². The van der Waals surface area contributed by atoms with Crippen LogP contribution in [0.5, 0.6) is 5.75 Å². The van der Waals surface area contributed by atoms with Gasteiger partial charge in [-0.25, -0.2) is 0 Å². The summed E-state index contributed by atoms with van der Waals surface area (Å²) in [6.45, 7) is 2.21. The Morgan fingerprint density at radius 1 is 1.35 bits per heavy atom. The molecule has 0 unspecified atom stereocenters. The van der Waals surface area contributed by atoms with Crippen molar-refractivity contribution in [2.45, 2.75) is 13.5 Å². The van der Waals surface area contributed by atoms with Crippen molar-refractivity contribution in [3.8, 4) is 5.75 Å². The number of pyridine rings is 1. The van der Waals surface area contributed by atoms with Gasteiger partial charge in [-0.2, -0.15) is 0 Å². The average Bonchev–Trinajstić information content (AvgIpc) is 2.46. The number of hydrogen-bond donors (Lipinski definition) is 2. The minimum atomic E-state index is -0.220. The lowest BCUT2D eigenvalue weighted by Crippen LogP contribution is -2.20. The summed E-state index contributed by atoms with van der Waals surface area (Å²) < 4.78 is 5.43. The fourth-order valence-electron chi connectivity index (χ4n) is 1.74. The first-order chi connectivity index (χ1) is 9.69. The number of nitrogens with two attached hydrogens (primary N) is 1. The molecule has 0 saturated heterocycles. The van der Waals surface area contributed by atoms with E-state index in [0.717, 1.165) is 11.3 Å². The number of benzene rings is 1. The molecule has 5 nitrogen and oxygen atoms in total. The Bertz CT molecular complexity index is 599. The van der Waals surface area contributed by atoms with E-state index in [1.807, 2.05) is 31.2 Å². The largest absolute Gasteiger partial charge is 0.482 e. The van der Waals surface area contributed by atoms with Gasteiger partial charge >= 0.3 is 0 Å². The molecule has 1 aromatic heterocycles. The third-order valence-corrected chi connectivity index (χ3v) is 2.76. The van der Waals surface area contributed by atoms with Crippen molar-refractivity contribution in [3.05, 3.63) is 53.9 Å². The summed E-state index contributed by atoms with van der Waals surface area (Å²) in [5, 5.41) is 2.77. The predicted molar refractivity (Wildman–Crippen MR) is 77.4 cm³/mol. The van der Waals surface area contributed by atoms with Crippen LogP contribution in [0.4, 0.5) is 5.69 Å². The molecule has 1 amide bonds. The monoisotopic (exact) mass is 271 g/mol. The molecule has 0 spiro atoms. The summed E-state index contributed by atoms with van der Waals surface area (Å²) >= 11 is 0. The first-order valence-corrected chi connectivity index (χ1v) is 6.32. The highest BCUT2D eigenvalue weighted by molar-refractivity contribution is 5.91. The van der Waals surface area contributed by atoms with Crippen LogP contribution in [0, 0.1) is 6.92 Å². The number of nitrogens with one attached hydrogen (secondary N) is 1. The van der Waals surface area contributed by atoms with E-state index in [2.05, 4.69) is 10.3 Å². The summed E-state index contributed by atoms with van der Waals surface area (Å²) in [7, 11) is 0. The molecule has 0 atom stereocenters. The third-order valence-electron chi connectivity index (χ3n) is 2.76. The Balaban J connectivity index is 1.91. The molecule has 0 aliphatic rings. The van der Waals surface area contributed by atoms with Gasteiger partial charge in [-0.05, 0) is 36.8 Å². The second kappa shape index (κ2) is 6.68. The molecule has 0 saturated carbocycles. The van der Waals surface area contributed by atoms with Gasteiger partial charge in [0.25, 0.3) is 5.91 Å². The van der Waals surface area contributed by atoms with Crippen LogP contribution in [0.3, 0.4) is 0 Å². The van der Waals surface area contributed by atoms with Crippen molar-refractivity contribution in [3.63, 3.8) is 0 Å². The molecule has 0 radical (unpaired) electrons. The summed E-state index contributed by atoms with van der Waals surface area (Å²) in [5.74, 6) is 0.390. The van der Waals surface area contributed by atoms with Crippen molar-refractivity contribution in [1.82, 2.24) is 4.98 Å². The molecular weight excluding hydrogens is 254 g/mol. The highest BCUT2D eigenvalue weighted by Crippen LogP contribution is 2.14. The minimum absolute atomic E-state index is 0.0562. The molecule has 0 aliphatic heterocycles. The number of aryl methyl sites for hydroxylation is 1. The Kier molecular flexibility index (Phi) is 4.68. The Labute approximate surface area is 117 Å². The zero-order chi connectivity index (χ0) is 14.4. The molecule has 0 bridgehead atoms. The van der Waals surface area contributed by atoms with Crippen molar-refractivity contribution >= 4 is 11.6 Å². The van der Waals surface area contributed by atoms with Gasteiger partial charge in [0.05, 0.1) is 5.69 Å². The summed E-state index contributed by atoms with van der Waals surface area (Å²) in [6, 6.07) is 11.0. The molecule has 20 heavy (non-hydrogen) atoms. The van der Waals surface area contributed by atoms with Gasteiger partial charge in [-0.1, -0.05) is 12.1 Å². The average molecular weight is 271 g/mol. The number of hydrogen-bond acceptors (Lipinski definition) is 4. The van der Waals surface area contributed by atoms with Gasteiger partial charge < -0.3 is 15.8 Å². The Morgan fingerprint density at radius 3 is 2.95 bits per heavy atom. The Hall–Kier alpha value is -2.40. The van der Waals surface area contributed by atoms with E-state index in [9.17, 15) is 4.79 Å². The molecule has 0 fully saturated rings. The zero-order valence-corrected chi connectivity index (χ0v) is 11.3. The number of nitrogens with zero attached hydrogens (tertiary/aromatic N) is 1. The number of anilines is 1. The summed E-state index contributed by atoms with van der Waals surface area (Å²) in [5.41, 5.74) is 7.99. The van der Waals surface area contributed by atoms with E-state index < -0.39 is 0 Å². The number of rotatable bonds is 5. The lowest BCUT2D eigenvalue weighted by molar-refractivity contribution is -0.118. The number of amides is 1. The number of carbonyl (C=O) groups excluding carboxylic acids is 1. The molecule has 0 aliphatic carbocycles. The number of carbonyl (C=O) groups is 1. The second-order valence-electron chi connectivity index (χ2n) is 4.33. The maximum absolute atomic E-state index is 11.8. The molecule has 1 aromatic carbocycles. The fraction of sp³-hybridized carbons (Fsp3) is 0.200. The second-order valence-corrected chi connectivity index (χ2v) is 4.33. The highest BCUT2D eigenvalue weighted by Gasteiger charge is 2.06. The Morgan fingerprint density at radius 2 is 2.20 bits per heavy atom. The number of ether oxygens (including phenoxy) is 1. The van der Waals surface area contributed by atoms with Crippen LogP contribution in [-0.2, 0) is 11.3 Å². The van der Waals surface area contributed by atoms with Crippen LogP contribution in [0.1, 0.15) is 11.3 Å². The molecular formula is C15H17N3O2. The van der Waals surface area contributed by atoms with Crippen LogP contribution >= 0.6 is 0 Å². The molecule has 3 N–H and O–H groups in total. The van der Waals surface area contributed by atoms with Crippen LogP contribution in [0.25, 0.3) is 0 Å². The van der Waals surface area contributed by atoms with Crippen molar-refractivity contribution in [1.29, 1.82) is 0 Å². The zero-order valence-electron chi connectivity index (χ0n) is 11.3. The third kappa shape index (κ3) is 3.80. The van der Waals surface area contributed by atoms with Crippen LogP contribution in [-0.4, -0.2) is 17.5 Å². The van der Waals surface area contributed by atoms with Gasteiger partial charge in [0.2, 0.25) is 0 Å². The van der Waals surface area contributed by atoms with E-state index in [1.54, 1.807) is 18.3 Å². The molecule has 104 valence electrons. The standard InChI is InChI=1S/C15H17N3O2/c1-11-14(6-3-7-17-11)20-10-15(19)18-13-5-2-4-12(8-13)9-16/h2-8H,9-10,16H2,1H3,(H,18,19). The van der Waals surface area contributed by atoms with E-state index in [4.69, 9.17) is 10.5 Å². The minimum Gasteiger partial charge on any atom is -0.482 e. The quantitative estimate of drug-likeness (QED) is 0.870. The lowest BCUT2D eigenvalue weighted by atomic mass is 10.2. The molecule has 1 heterocycles.